The lowest BCUT2D eigenvalue weighted by molar-refractivity contribution is 0.0408. The van der Waals surface area contributed by atoms with E-state index in [9.17, 15) is 0 Å². The average molecular weight is 819 g/mol. The van der Waals surface area contributed by atoms with Gasteiger partial charge in [-0.25, -0.2) is 0 Å². The van der Waals surface area contributed by atoms with Crippen LogP contribution in [0, 0.1) is 65.1 Å². The van der Waals surface area contributed by atoms with Gasteiger partial charge in [0.05, 0.1) is 0 Å². The largest absolute Gasteiger partial charge is 0.301 e. The number of nitrogens with zero attached hydrogens (tertiary/aromatic N) is 5. The first-order valence-electron chi connectivity index (χ1n) is 25.7. The molecule has 5 heteroatoms. The van der Waals surface area contributed by atoms with E-state index in [1.54, 1.807) is 0 Å². The summed E-state index contributed by atoms with van der Waals surface area (Å²) in [4.78, 5) is 13.0. The van der Waals surface area contributed by atoms with E-state index in [-0.39, 0.29) is 0 Å². The van der Waals surface area contributed by atoms with E-state index in [0.717, 1.165) is 95.3 Å². The molecule has 0 aromatic heterocycles. The zero-order chi connectivity index (χ0) is 44.4. The molecule has 0 aromatic carbocycles. The van der Waals surface area contributed by atoms with Gasteiger partial charge in [-0.15, -0.1) is 0 Å². The molecule has 4 atom stereocenters. The van der Waals surface area contributed by atoms with Gasteiger partial charge in [-0.3, -0.25) is 0 Å². The van der Waals surface area contributed by atoms with Crippen LogP contribution in [-0.4, -0.2) is 120 Å². The van der Waals surface area contributed by atoms with Crippen LogP contribution in [0.4, 0.5) is 0 Å². The van der Waals surface area contributed by atoms with Crippen molar-refractivity contribution in [2.75, 3.05) is 65.4 Å². The van der Waals surface area contributed by atoms with Crippen molar-refractivity contribution in [1.82, 2.24) is 24.5 Å². The third kappa shape index (κ3) is 20.8. The molecule has 5 aliphatic heterocycles. The van der Waals surface area contributed by atoms with Crippen LogP contribution in [-0.2, 0) is 0 Å². The molecule has 0 aliphatic carbocycles. The molecule has 4 unspecified atom stereocenters. The number of rotatable bonds is 10. The van der Waals surface area contributed by atoms with E-state index in [4.69, 9.17) is 0 Å². The molecule has 58 heavy (non-hydrogen) atoms. The second-order valence-corrected chi connectivity index (χ2v) is 23.1. The molecule has 5 nitrogen and oxygen atoms in total. The molecular formula is C53H111N5. The molecule has 0 bridgehead atoms. The molecular weight excluding hydrogens is 707 g/mol. The predicted octanol–water partition coefficient (Wildman–Crippen LogP) is 12.9. The fraction of sp³-hybridized carbons (Fsp3) is 1.00. The molecule has 0 radical (unpaired) electrons. The molecule has 5 aliphatic rings. The number of likely N-dealkylation sites (tertiary alicyclic amines) is 5. The first-order chi connectivity index (χ1) is 27.0. The molecule has 0 amide bonds. The first-order valence-corrected chi connectivity index (χ1v) is 25.7. The van der Waals surface area contributed by atoms with Crippen molar-refractivity contribution in [1.29, 1.82) is 0 Å². The standard InChI is InChI=1S/C12H25N.2C11H23N.C10H21N.C9H19N/c1-9(2)12-6-7-13(10(3)4)8-11(12)5;1-9(2)11-5-7-12(8-6-11)10(3)4;1-9(2)11-6-5-7-12(8-11)10(3)4;1-8(2)10-5-6-11(7-10)9(3)4;1-7(2)9-5-10(6-9)8(3)4/h9-12H,6-8H2,1-5H3;2*9-11H,5-8H2,1-4H3;8-10H,5-7H2,1-4H3;7-9H,5-6H2,1-4H3. The molecule has 0 saturated carbocycles. The monoisotopic (exact) mass is 818 g/mol. The fourth-order valence-corrected chi connectivity index (χ4v) is 10.0. The minimum atomic E-state index is 0.732. The van der Waals surface area contributed by atoms with Crippen molar-refractivity contribution in [3.05, 3.63) is 0 Å². The minimum Gasteiger partial charge on any atom is -0.301 e. The minimum absolute atomic E-state index is 0.732. The van der Waals surface area contributed by atoms with Crippen LogP contribution in [0.3, 0.4) is 0 Å². The van der Waals surface area contributed by atoms with Gasteiger partial charge in [0.2, 0.25) is 0 Å². The van der Waals surface area contributed by atoms with Crippen molar-refractivity contribution < 1.29 is 0 Å². The van der Waals surface area contributed by atoms with Gasteiger partial charge in [0, 0.05) is 62.9 Å². The molecule has 0 spiro atoms. The summed E-state index contributed by atoms with van der Waals surface area (Å²) in [7, 11) is 0. The Kier molecular flexibility index (Phi) is 27.4. The van der Waals surface area contributed by atoms with Gasteiger partial charge in [0.25, 0.3) is 0 Å². The maximum absolute atomic E-state index is 2.62. The van der Waals surface area contributed by atoms with Crippen molar-refractivity contribution >= 4 is 0 Å². The van der Waals surface area contributed by atoms with Crippen molar-refractivity contribution in [3.63, 3.8) is 0 Å². The van der Waals surface area contributed by atoms with Gasteiger partial charge in [-0.1, -0.05) is 76.2 Å². The highest BCUT2D eigenvalue weighted by Gasteiger charge is 2.31. The third-order valence-electron chi connectivity index (χ3n) is 15.5. The highest BCUT2D eigenvalue weighted by Crippen LogP contribution is 2.31. The van der Waals surface area contributed by atoms with Gasteiger partial charge in [0.1, 0.15) is 0 Å². The highest BCUT2D eigenvalue weighted by atomic mass is 15.2. The van der Waals surface area contributed by atoms with Gasteiger partial charge < -0.3 is 24.5 Å². The molecule has 0 N–H and O–H groups in total. The van der Waals surface area contributed by atoms with E-state index >= 15 is 0 Å². The molecule has 5 fully saturated rings. The number of hydrogen-bond acceptors (Lipinski definition) is 5. The SMILES string of the molecule is CC(C)C1CCCN(C(C)C)C1.CC(C)C1CCN(C(C)C)C1.CC(C)C1CCN(C(C)C)CC1.CC(C)C1CCN(C(C)C)CC1C.CC(C)C1CN(C(C)C)C1. The van der Waals surface area contributed by atoms with Crippen LogP contribution in [0.15, 0.2) is 0 Å². The van der Waals surface area contributed by atoms with E-state index in [0.29, 0.717) is 0 Å². The normalized spacial score (nSPS) is 26.3. The van der Waals surface area contributed by atoms with Gasteiger partial charge >= 0.3 is 0 Å². The van der Waals surface area contributed by atoms with Gasteiger partial charge in [-0.2, -0.15) is 0 Å². The molecule has 0 aromatic rings. The zero-order valence-corrected chi connectivity index (χ0v) is 43.8. The highest BCUT2D eigenvalue weighted by molar-refractivity contribution is 4.84. The lowest BCUT2D eigenvalue weighted by Crippen LogP contribution is -2.51. The van der Waals surface area contributed by atoms with E-state index in [2.05, 4.69) is 170 Å². The first kappa shape index (κ1) is 55.8. The number of piperidine rings is 3. The van der Waals surface area contributed by atoms with Crippen LogP contribution < -0.4 is 0 Å². The Labute approximate surface area is 368 Å². The van der Waals surface area contributed by atoms with Crippen LogP contribution in [0.25, 0.3) is 0 Å². The Morgan fingerprint density at radius 2 is 0.621 bits per heavy atom. The topological polar surface area (TPSA) is 16.2 Å². The maximum atomic E-state index is 2.62. The molecule has 5 saturated heterocycles. The second-order valence-electron chi connectivity index (χ2n) is 23.1. The van der Waals surface area contributed by atoms with Crippen molar-refractivity contribution in [2.24, 2.45) is 65.1 Å². The summed E-state index contributed by atoms with van der Waals surface area (Å²) < 4.78 is 0. The lowest BCUT2D eigenvalue weighted by Gasteiger charge is -2.44. The average Bonchev–Trinajstić information content (AvgIpc) is 3.63. The summed E-state index contributed by atoms with van der Waals surface area (Å²) in [5.74, 6) is 10.1. The van der Waals surface area contributed by atoms with Crippen LogP contribution in [0.2, 0.25) is 0 Å². The molecule has 348 valence electrons. The Morgan fingerprint density at radius 3 is 0.966 bits per heavy atom. The summed E-state index contributed by atoms with van der Waals surface area (Å²) in [6.45, 7) is 62.1. The van der Waals surface area contributed by atoms with Crippen LogP contribution >= 0.6 is 0 Å². The molecule has 5 heterocycles. The van der Waals surface area contributed by atoms with Crippen LogP contribution in [0.1, 0.15) is 184 Å². The summed E-state index contributed by atoms with van der Waals surface area (Å²) in [6.07, 6.45) is 8.49. The van der Waals surface area contributed by atoms with Crippen LogP contribution in [0.5, 0.6) is 0 Å². The smallest absolute Gasteiger partial charge is 0.00388 e. The summed E-state index contributed by atoms with van der Waals surface area (Å²) >= 11 is 0. The van der Waals surface area contributed by atoms with E-state index < -0.39 is 0 Å². The molecule has 5 rings (SSSR count). The Balaban J connectivity index is 0.000000363. The van der Waals surface area contributed by atoms with Gasteiger partial charge in [0.15, 0.2) is 0 Å². The summed E-state index contributed by atoms with van der Waals surface area (Å²) in [5.41, 5.74) is 0. The number of hydrogen-bond donors (Lipinski definition) is 0. The zero-order valence-electron chi connectivity index (χ0n) is 43.8. The Morgan fingerprint density at radius 1 is 0.293 bits per heavy atom. The lowest BCUT2D eigenvalue weighted by atomic mass is 9.79. The Bertz CT molecular complexity index is 931. The summed E-state index contributed by atoms with van der Waals surface area (Å²) in [6, 6.07) is 3.73. The van der Waals surface area contributed by atoms with E-state index in [1.165, 1.54) is 104 Å². The second kappa shape index (κ2) is 28.5. The fourth-order valence-electron chi connectivity index (χ4n) is 10.0. The Hall–Kier alpha value is -0.200. The quantitative estimate of drug-likeness (QED) is 0.218. The predicted molar refractivity (Wildman–Crippen MR) is 262 cm³/mol. The third-order valence-corrected chi connectivity index (χ3v) is 15.5. The van der Waals surface area contributed by atoms with E-state index in [1.807, 2.05) is 0 Å². The van der Waals surface area contributed by atoms with Crippen molar-refractivity contribution in [2.45, 2.75) is 214 Å². The summed E-state index contributed by atoms with van der Waals surface area (Å²) in [5, 5.41) is 0. The van der Waals surface area contributed by atoms with Gasteiger partial charge in [-0.05, 0) is 206 Å². The van der Waals surface area contributed by atoms with Crippen molar-refractivity contribution in [3.8, 4) is 0 Å². The maximum Gasteiger partial charge on any atom is 0.00388 e.